The molecule has 0 aromatic heterocycles. The number of rotatable bonds is 8. The van der Waals surface area contributed by atoms with E-state index in [1.807, 2.05) is 0 Å². The second kappa shape index (κ2) is 9.45. The second-order valence-corrected chi connectivity index (χ2v) is 2.97. The van der Waals surface area contributed by atoms with Crippen molar-refractivity contribution in [3.63, 3.8) is 0 Å². The van der Waals surface area contributed by atoms with Crippen LogP contribution in [0.4, 0.5) is 0 Å². The number of ether oxygens (including phenoxy) is 3. The molecule has 0 aliphatic carbocycles. The number of hydrogen-bond acceptors (Lipinski definition) is 5. The Balaban J connectivity index is 3.11. The van der Waals surface area contributed by atoms with Gasteiger partial charge in [0.15, 0.2) is 0 Å². The molecular formula is C10H18O5. The molecule has 0 fully saturated rings. The Bertz CT molecular complexity index is 170. The molecule has 0 heterocycles. The zero-order chi connectivity index (χ0) is 11.5. The minimum absolute atomic E-state index is 0.229. The van der Waals surface area contributed by atoms with E-state index >= 15 is 0 Å². The summed E-state index contributed by atoms with van der Waals surface area (Å²) in [4.78, 5) is 21.4. The van der Waals surface area contributed by atoms with Gasteiger partial charge in [-0.15, -0.1) is 0 Å². The van der Waals surface area contributed by atoms with Gasteiger partial charge in [0.1, 0.15) is 0 Å². The third kappa shape index (κ3) is 9.21. The predicted octanol–water partition coefficient (Wildman–Crippen LogP) is 0.909. The van der Waals surface area contributed by atoms with Crippen LogP contribution in [-0.4, -0.2) is 39.4 Å². The van der Waals surface area contributed by atoms with Crippen LogP contribution in [0.3, 0.4) is 0 Å². The topological polar surface area (TPSA) is 61.8 Å². The van der Waals surface area contributed by atoms with Gasteiger partial charge in [0.25, 0.3) is 0 Å². The zero-order valence-electron chi connectivity index (χ0n) is 9.28. The average Bonchev–Trinajstić information content (AvgIpc) is 2.26. The molecule has 5 nitrogen and oxygen atoms in total. The average molecular weight is 218 g/mol. The molecule has 5 heteroatoms. The van der Waals surface area contributed by atoms with Gasteiger partial charge in [-0.3, -0.25) is 9.59 Å². The fraction of sp³-hybridized carbons (Fsp3) is 0.800. The fourth-order valence-corrected chi connectivity index (χ4v) is 0.943. The van der Waals surface area contributed by atoms with Crippen molar-refractivity contribution < 1.29 is 23.8 Å². The van der Waals surface area contributed by atoms with Gasteiger partial charge >= 0.3 is 11.9 Å². The lowest BCUT2D eigenvalue weighted by Crippen LogP contribution is -2.05. The van der Waals surface area contributed by atoms with Crippen LogP contribution in [0.1, 0.15) is 25.7 Å². The molecule has 0 aromatic carbocycles. The molecular weight excluding hydrogens is 200 g/mol. The van der Waals surface area contributed by atoms with E-state index in [2.05, 4.69) is 9.47 Å². The Morgan fingerprint density at radius 2 is 1.27 bits per heavy atom. The highest BCUT2D eigenvalue weighted by Crippen LogP contribution is 1.96. The molecule has 88 valence electrons. The van der Waals surface area contributed by atoms with Crippen LogP contribution in [0.15, 0.2) is 0 Å². The molecule has 0 bridgehead atoms. The molecule has 0 atom stereocenters. The van der Waals surface area contributed by atoms with Crippen molar-refractivity contribution in [2.45, 2.75) is 25.7 Å². The first-order valence-electron chi connectivity index (χ1n) is 4.92. The standard InChI is InChI=1S/C10H18O5/c1-13-9(11)5-3-7-15-8-4-6-10(12)14-2/h3-8H2,1-2H3. The molecule has 0 unspecified atom stereocenters. The van der Waals surface area contributed by atoms with Crippen molar-refractivity contribution in [3.8, 4) is 0 Å². The number of hydrogen-bond donors (Lipinski definition) is 0. The molecule has 0 saturated carbocycles. The first-order chi connectivity index (χ1) is 7.20. The molecule has 0 spiro atoms. The highest BCUT2D eigenvalue weighted by Gasteiger charge is 2.01. The predicted molar refractivity (Wildman–Crippen MR) is 53.3 cm³/mol. The maximum atomic E-state index is 10.7. The molecule has 0 saturated heterocycles. The third-order valence-electron chi connectivity index (χ3n) is 1.79. The smallest absolute Gasteiger partial charge is 0.305 e. The summed E-state index contributed by atoms with van der Waals surface area (Å²) in [6.45, 7) is 1.02. The summed E-state index contributed by atoms with van der Waals surface area (Å²) in [6, 6.07) is 0. The second-order valence-electron chi connectivity index (χ2n) is 2.97. The van der Waals surface area contributed by atoms with Gasteiger partial charge in [0, 0.05) is 26.1 Å². The van der Waals surface area contributed by atoms with Crippen molar-refractivity contribution in [3.05, 3.63) is 0 Å². The van der Waals surface area contributed by atoms with Crippen LogP contribution >= 0.6 is 0 Å². The molecule has 0 radical (unpaired) electrons. The number of methoxy groups -OCH3 is 2. The van der Waals surface area contributed by atoms with Gasteiger partial charge in [-0.2, -0.15) is 0 Å². The van der Waals surface area contributed by atoms with E-state index in [1.54, 1.807) is 0 Å². The van der Waals surface area contributed by atoms with Gasteiger partial charge in [-0.25, -0.2) is 0 Å². The Hall–Kier alpha value is -1.10. The van der Waals surface area contributed by atoms with Crippen molar-refractivity contribution in [1.29, 1.82) is 0 Å². The largest absolute Gasteiger partial charge is 0.469 e. The maximum absolute atomic E-state index is 10.7. The van der Waals surface area contributed by atoms with E-state index in [4.69, 9.17) is 4.74 Å². The molecule has 0 aliphatic rings. The summed E-state index contributed by atoms with van der Waals surface area (Å²) >= 11 is 0. The monoisotopic (exact) mass is 218 g/mol. The highest BCUT2D eigenvalue weighted by molar-refractivity contribution is 5.69. The lowest BCUT2D eigenvalue weighted by molar-refractivity contribution is -0.141. The first-order valence-corrected chi connectivity index (χ1v) is 4.92. The maximum Gasteiger partial charge on any atom is 0.305 e. The van der Waals surface area contributed by atoms with Crippen LogP contribution in [0, 0.1) is 0 Å². The third-order valence-corrected chi connectivity index (χ3v) is 1.79. The van der Waals surface area contributed by atoms with Gasteiger partial charge in [-0.05, 0) is 12.8 Å². The van der Waals surface area contributed by atoms with E-state index in [1.165, 1.54) is 14.2 Å². The molecule has 0 N–H and O–H groups in total. The van der Waals surface area contributed by atoms with E-state index in [9.17, 15) is 9.59 Å². The SMILES string of the molecule is COC(=O)CCCOCCCC(=O)OC. The molecule has 0 aromatic rings. The van der Waals surface area contributed by atoms with Crippen molar-refractivity contribution in [2.24, 2.45) is 0 Å². The number of carbonyl (C=O) groups excluding carboxylic acids is 2. The van der Waals surface area contributed by atoms with Crippen molar-refractivity contribution in [1.82, 2.24) is 0 Å². The summed E-state index contributed by atoms with van der Waals surface area (Å²) in [5, 5.41) is 0. The molecule has 15 heavy (non-hydrogen) atoms. The van der Waals surface area contributed by atoms with Crippen LogP contribution in [0.25, 0.3) is 0 Å². The Labute approximate surface area is 89.7 Å². The Kier molecular flexibility index (Phi) is 8.76. The normalized spacial score (nSPS) is 9.73. The summed E-state index contributed by atoms with van der Waals surface area (Å²) < 4.78 is 14.1. The number of carbonyl (C=O) groups is 2. The lowest BCUT2D eigenvalue weighted by atomic mass is 10.3. The van der Waals surface area contributed by atoms with Crippen LogP contribution in [-0.2, 0) is 23.8 Å². The molecule has 0 aliphatic heterocycles. The molecule has 0 amide bonds. The molecule has 0 rings (SSSR count). The van der Waals surface area contributed by atoms with Gasteiger partial charge in [0.05, 0.1) is 14.2 Å². The van der Waals surface area contributed by atoms with E-state index < -0.39 is 0 Å². The lowest BCUT2D eigenvalue weighted by Gasteiger charge is -2.03. The summed E-state index contributed by atoms with van der Waals surface area (Å²) in [6.07, 6.45) is 2.02. The van der Waals surface area contributed by atoms with Gasteiger partial charge in [0.2, 0.25) is 0 Å². The van der Waals surface area contributed by atoms with E-state index in [0.29, 0.717) is 38.9 Å². The van der Waals surface area contributed by atoms with Gasteiger partial charge < -0.3 is 14.2 Å². The number of esters is 2. The fourth-order valence-electron chi connectivity index (χ4n) is 0.943. The summed E-state index contributed by atoms with van der Waals surface area (Å²) in [7, 11) is 2.72. The van der Waals surface area contributed by atoms with Crippen LogP contribution in [0.2, 0.25) is 0 Å². The van der Waals surface area contributed by atoms with Crippen molar-refractivity contribution >= 4 is 11.9 Å². The minimum atomic E-state index is -0.229. The Morgan fingerprint density at radius 1 is 0.867 bits per heavy atom. The summed E-state index contributed by atoms with van der Waals surface area (Å²) in [5.41, 5.74) is 0. The summed E-state index contributed by atoms with van der Waals surface area (Å²) in [5.74, 6) is -0.457. The highest BCUT2D eigenvalue weighted by atomic mass is 16.5. The van der Waals surface area contributed by atoms with Gasteiger partial charge in [-0.1, -0.05) is 0 Å². The zero-order valence-corrected chi connectivity index (χ0v) is 9.28. The van der Waals surface area contributed by atoms with Crippen LogP contribution in [0.5, 0.6) is 0 Å². The minimum Gasteiger partial charge on any atom is -0.469 e. The first kappa shape index (κ1) is 13.9. The van der Waals surface area contributed by atoms with E-state index in [-0.39, 0.29) is 11.9 Å². The van der Waals surface area contributed by atoms with E-state index in [0.717, 1.165) is 0 Å². The quantitative estimate of drug-likeness (QED) is 0.447. The Morgan fingerprint density at radius 3 is 1.60 bits per heavy atom. The van der Waals surface area contributed by atoms with Crippen LogP contribution < -0.4 is 0 Å². The van der Waals surface area contributed by atoms with Crippen molar-refractivity contribution in [2.75, 3.05) is 27.4 Å².